The zero-order valence-electron chi connectivity index (χ0n) is 8.53. The van der Waals surface area contributed by atoms with E-state index in [1.165, 1.54) is 0 Å². The molecule has 0 aliphatic rings. The second kappa shape index (κ2) is 4.76. The lowest BCUT2D eigenvalue weighted by Gasteiger charge is -2.04. The third-order valence-corrected chi connectivity index (χ3v) is 1.82. The zero-order valence-corrected chi connectivity index (χ0v) is 8.53. The highest BCUT2D eigenvalue weighted by Crippen LogP contribution is 2.05. The van der Waals surface area contributed by atoms with E-state index in [9.17, 15) is 4.79 Å². The first-order valence-electron chi connectivity index (χ1n) is 4.62. The molecule has 5 nitrogen and oxygen atoms in total. The summed E-state index contributed by atoms with van der Waals surface area (Å²) in [5.41, 5.74) is 6.27. The van der Waals surface area contributed by atoms with Gasteiger partial charge < -0.3 is 11.1 Å². The first kappa shape index (κ1) is 10.7. The molecule has 1 aromatic heterocycles. The fourth-order valence-electron chi connectivity index (χ4n) is 1.07. The molecule has 0 bridgehead atoms. The summed E-state index contributed by atoms with van der Waals surface area (Å²) < 4.78 is 1.64. The van der Waals surface area contributed by atoms with Crippen molar-refractivity contribution >= 4 is 11.6 Å². The molecule has 0 saturated carbocycles. The molecule has 1 atom stereocenters. The van der Waals surface area contributed by atoms with Crippen LogP contribution in [-0.2, 0) is 11.8 Å². The smallest absolute Gasteiger partial charge is 0.224 e. The third-order valence-electron chi connectivity index (χ3n) is 1.82. The van der Waals surface area contributed by atoms with E-state index in [4.69, 9.17) is 5.73 Å². The Labute approximate surface area is 83.3 Å². The summed E-state index contributed by atoms with van der Waals surface area (Å²) in [7, 11) is 1.80. The Morgan fingerprint density at radius 3 is 3.00 bits per heavy atom. The van der Waals surface area contributed by atoms with Crippen LogP contribution in [0.5, 0.6) is 0 Å². The van der Waals surface area contributed by atoms with Crippen LogP contribution in [0.3, 0.4) is 0 Å². The van der Waals surface area contributed by atoms with Crippen molar-refractivity contribution in [3.05, 3.63) is 12.4 Å². The number of anilines is 1. The number of hydrogen-bond donors (Lipinski definition) is 2. The number of hydrogen-bond acceptors (Lipinski definition) is 3. The van der Waals surface area contributed by atoms with Crippen molar-refractivity contribution in [2.24, 2.45) is 12.8 Å². The van der Waals surface area contributed by atoms with E-state index in [-0.39, 0.29) is 11.9 Å². The normalized spacial score (nSPS) is 12.5. The average Bonchev–Trinajstić information content (AvgIpc) is 2.48. The Morgan fingerprint density at radius 2 is 2.50 bits per heavy atom. The van der Waals surface area contributed by atoms with Crippen LogP contribution in [0.15, 0.2) is 12.4 Å². The van der Waals surface area contributed by atoms with Gasteiger partial charge in [-0.3, -0.25) is 9.48 Å². The van der Waals surface area contributed by atoms with Crippen molar-refractivity contribution in [3.63, 3.8) is 0 Å². The number of aromatic nitrogens is 2. The molecule has 1 rings (SSSR count). The number of nitrogens with two attached hydrogens (primary N) is 1. The summed E-state index contributed by atoms with van der Waals surface area (Å²) in [6.07, 6.45) is 4.52. The molecule has 0 aromatic carbocycles. The standard InChI is InChI=1S/C9H16N4O/c1-7(10)3-4-9(14)12-8-5-11-13(2)6-8/h5-7H,3-4,10H2,1-2H3,(H,12,14). The van der Waals surface area contributed by atoms with Crippen molar-refractivity contribution in [2.45, 2.75) is 25.8 Å². The summed E-state index contributed by atoms with van der Waals surface area (Å²) in [6.45, 7) is 1.89. The lowest BCUT2D eigenvalue weighted by molar-refractivity contribution is -0.116. The van der Waals surface area contributed by atoms with Gasteiger partial charge in [0.15, 0.2) is 0 Å². The van der Waals surface area contributed by atoms with E-state index in [1.54, 1.807) is 24.1 Å². The SMILES string of the molecule is CC(N)CCC(=O)Nc1cnn(C)c1. The second-order valence-corrected chi connectivity index (χ2v) is 3.47. The van der Waals surface area contributed by atoms with E-state index in [0.29, 0.717) is 12.8 Å². The monoisotopic (exact) mass is 196 g/mol. The van der Waals surface area contributed by atoms with Crippen molar-refractivity contribution in [1.29, 1.82) is 0 Å². The fraction of sp³-hybridized carbons (Fsp3) is 0.556. The molecular weight excluding hydrogens is 180 g/mol. The Balaban J connectivity index is 2.34. The predicted octanol–water partition coefficient (Wildman–Crippen LogP) is 0.486. The van der Waals surface area contributed by atoms with E-state index in [1.807, 2.05) is 6.92 Å². The summed E-state index contributed by atoms with van der Waals surface area (Å²) in [5.74, 6) is -0.0182. The molecule has 1 heterocycles. The molecule has 0 saturated heterocycles. The summed E-state index contributed by atoms with van der Waals surface area (Å²) >= 11 is 0. The highest BCUT2D eigenvalue weighted by atomic mass is 16.1. The molecule has 14 heavy (non-hydrogen) atoms. The van der Waals surface area contributed by atoms with Gasteiger partial charge >= 0.3 is 0 Å². The lowest BCUT2D eigenvalue weighted by Crippen LogP contribution is -2.19. The molecule has 3 N–H and O–H groups in total. The maximum Gasteiger partial charge on any atom is 0.224 e. The van der Waals surface area contributed by atoms with Crippen LogP contribution >= 0.6 is 0 Å². The van der Waals surface area contributed by atoms with Gasteiger partial charge in [-0.05, 0) is 13.3 Å². The summed E-state index contributed by atoms with van der Waals surface area (Å²) in [6, 6.07) is 0.0645. The van der Waals surface area contributed by atoms with Gasteiger partial charge in [0.2, 0.25) is 5.91 Å². The van der Waals surface area contributed by atoms with Crippen LogP contribution in [0.1, 0.15) is 19.8 Å². The Kier molecular flexibility index (Phi) is 3.64. The maximum absolute atomic E-state index is 11.3. The first-order chi connectivity index (χ1) is 6.58. The topological polar surface area (TPSA) is 72.9 Å². The highest BCUT2D eigenvalue weighted by Gasteiger charge is 2.04. The second-order valence-electron chi connectivity index (χ2n) is 3.47. The van der Waals surface area contributed by atoms with Gasteiger partial charge in [-0.25, -0.2) is 0 Å². The minimum atomic E-state index is -0.0182. The highest BCUT2D eigenvalue weighted by molar-refractivity contribution is 5.90. The predicted molar refractivity (Wildman–Crippen MR) is 54.7 cm³/mol. The molecule has 1 unspecified atom stereocenters. The van der Waals surface area contributed by atoms with E-state index in [2.05, 4.69) is 10.4 Å². The van der Waals surface area contributed by atoms with E-state index < -0.39 is 0 Å². The van der Waals surface area contributed by atoms with Crippen molar-refractivity contribution in [1.82, 2.24) is 9.78 Å². The fourth-order valence-corrected chi connectivity index (χ4v) is 1.07. The molecule has 1 amide bonds. The largest absolute Gasteiger partial charge is 0.328 e. The number of nitrogens with zero attached hydrogens (tertiary/aromatic N) is 2. The zero-order chi connectivity index (χ0) is 10.6. The number of rotatable bonds is 4. The Hall–Kier alpha value is -1.36. The summed E-state index contributed by atoms with van der Waals surface area (Å²) in [4.78, 5) is 11.3. The van der Waals surface area contributed by atoms with E-state index in [0.717, 1.165) is 5.69 Å². The molecule has 0 aliphatic heterocycles. The quantitative estimate of drug-likeness (QED) is 0.736. The van der Waals surface area contributed by atoms with Crippen molar-refractivity contribution in [3.8, 4) is 0 Å². The minimum Gasteiger partial charge on any atom is -0.328 e. The third kappa shape index (κ3) is 3.57. The molecular formula is C9H16N4O. The van der Waals surface area contributed by atoms with Crippen LogP contribution in [0, 0.1) is 0 Å². The van der Waals surface area contributed by atoms with Gasteiger partial charge in [-0.2, -0.15) is 5.10 Å². The molecule has 78 valence electrons. The van der Waals surface area contributed by atoms with Crippen molar-refractivity contribution in [2.75, 3.05) is 5.32 Å². The number of nitrogens with one attached hydrogen (secondary N) is 1. The average molecular weight is 196 g/mol. The van der Waals surface area contributed by atoms with Gasteiger partial charge in [-0.15, -0.1) is 0 Å². The molecule has 5 heteroatoms. The first-order valence-corrected chi connectivity index (χ1v) is 4.62. The van der Waals surface area contributed by atoms with Gasteiger partial charge in [0, 0.05) is 25.7 Å². The molecule has 0 radical (unpaired) electrons. The van der Waals surface area contributed by atoms with Crippen LogP contribution < -0.4 is 11.1 Å². The van der Waals surface area contributed by atoms with Crippen LogP contribution in [0.2, 0.25) is 0 Å². The molecule has 1 aromatic rings. The Bertz CT molecular complexity index is 306. The van der Waals surface area contributed by atoms with Gasteiger partial charge in [-0.1, -0.05) is 0 Å². The summed E-state index contributed by atoms with van der Waals surface area (Å²) in [5, 5.41) is 6.68. The van der Waals surface area contributed by atoms with Crippen LogP contribution in [0.4, 0.5) is 5.69 Å². The number of carbonyl (C=O) groups excluding carboxylic acids is 1. The number of carbonyl (C=O) groups is 1. The van der Waals surface area contributed by atoms with Crippen molar-refractivity contribution < 1.29 is 4.79 Å². The van der Waals surface area contributed by atoms with E-state index >= 15 is 0 Å². The number of aryl methyl sites for hydroxylation is 1. The molecule has 0 spiro atoms. The molecule has 0 fully saturated rings. The number of amides is 1. The maximum atomic E-state index is 11.3. The van der Waals surface area contributed by atoms with Gasteiger partial charge in [0.1, 0.15) is 0 Å². The lowest BCUT2D eigenvalue weighted by atomic mass is 10.2. The minimum absolute atomic E-state index is 0.0182. The molecule has 0 aliphatic carbocycles. The van der Waals surface area contributed by atoms with Crippen LogP contribution in [-0.4, -0.2) is 21.7 Å². The van der Waals surface area contributed by atoms with Gasteiger partial charge in [0.25, 0.3) is 0 Å². The van der Waals surface area contributed by atoms with Crippen LogP contribution in [0.25, 0.3) is 0 Å². The van der Waals surface area contributed by atoms with Gasteiger partial charge in [0.05, 0.1) is 11.9 Å². The Morgan fingerprint density at radius 1 is 1.79 bits per heavy atom.